The Morgan fingerprint density at radius 3 is 2.54 bits per heavy atom. The highest BCUT2D eigenvalue weighted by Gasteiger charge is 2.22. The van der Waals surface area contributed by atoms with E-state index >= 15 is 0 Å². The second-order valence-corrected chi connectivity index (χ2v) is 8.86. The van der Waals surface area contributed by atoms with Crippen LogP contribution in [0.4, 0.5) is 17.1 Å². The van der Waals surface area contributed by atoms with Crippen molar-refractivity contribution in [2.45, 2.75) is 4.90 Å². The van der Waals surface area contributed by atoms with Gasteiger partial charge in [-0.2, -0.15) is 5.10 Å². The molecule has 11 nitrogen and oxygen atoms in total. The molecule has 0 unspecified atom stereocenters. The Labute approximate surface area is 200 Å². The third-order valence-electron chi connectivity index (χ3n) is 4.92. The third-order valence-corrected chi connectivity index (χ3v) is 6.28. The van der Waals surface area contributed by atoms with Gasteiger partial charge in [0.15, 0.2) is 0 Å². The van der Waals surface area contributed by atoms with Crippen LogP contribution in [0.25, 0.3) is 5.69 Å². The molecule has 35 heavy (non-hydrogen) atoms. The first-order chi connectivity index (χ1) is 16.9. The molecule has 4 aromatic rings. The molecular formula is C23H20N6O5S. The van der Waals surface area contributed by atoms with Crippen molar-refractivity contribution in [1.29, 1.82) is 0 Å². The molecule has 0 amide bonds. The van der Waals surface area contributed by atoms with Gasteiger partial charge in [0.2, 0.25) is 0 Å². The van der Waals surface area contributed by atoms with Gasteiger partial charge in [0.05, 0.1) is 35.2 Å². The summed E-state index contributed by atoms with van der Waals surface area (Å²) < 4.78 is 35.0. The first-order valence-corrected chi connectivity index (χ1v) is 11.7. The van der Waals surface area contributed by atoms with E-state index in [0.717, 1.165) is 17.3 Å². The number of rotatable bonds is 9. The van der Waals surface area contributed by atoms with E-state index in [0.29, 0.717) is 5.75 Å². The minimum atomic E-state index is -4.11. The Hall–Kier alpha value is -4.71. The van der Waals surface area contributed by atoms with E-state index in [1.165, 1.54) is 31.5 Å². The molecule has 0 spiro atoms. The zero-order valence-corrected chi connectivity index (χ0v) is 19.2. The van der Waals surface area contributed by atoms with Crippen LogP contribution in [0.15, 0.2) is 95.4 Å². The van der Waals surface area contributed by atoms with Gasteiger partial charge in [0, 0.05) is 24.1 Å². The average molecular weight is 493 g/mol. The smallest absolute Gasteiger partial charge is 0.295 e. The number of hydrogen-bond acceptors (Lipinski definition) is 8. The molecule has 0 fully saturated rings. The number of hydrazone groups is 1. The molecule has 0 aliphatic rings. The number of nitro groups is 1. The van der Waals surface area contributed by atoms with Crippen LogP contribution in [0.3, 0.4) is 0 Å². The number of sulfonamides is 1. The van der Waals surface area contributed by atoms with Gasteiger partial charge in [-0.25, -0.2) is 13.4 Å². The first kappa shape index (κ1) is 23.4. The summed E-state index contributed by atoms with van der Waals surface area (Å²) in [6.45, 7) is 0. The quantitative estimate of drug-likeness (QED) is 0.204. The predicted molar refractivity (Wildman–Crippen MR) is 132 cm³/mol. The molecule has 0 bridgehead atoms. The molecule has 178 valence electrons. The van der Waals surface area contributed by atoms with Crippen LogP contribution in [0.2, 0.25) is 0 Å². The number of ether oxygens (including phenoxy) is 1. The fraction of sp³-hybridized carbons (Fsp3) is 0.0435. The molecule has 0 saturated carbocycles. The summed E-state index contributed by atoms with van der Waals surface area (Å²) in [5.41, 5.74) is 4.09. The number of nitrogens with zero attached hydrogens (tertiary/aromatic N) is 4. The Balaban J connectivity index is 1.52. The van der Waals surface area contributed by atoms with Crippen LogP contribution >= 0.6 is 0 Å². The van der Waals surface area contributed by atoms with Crippen molar-refractivity contribution in [3.05, 3.63) is 101 Å². The van der Waals surface area contributed by atoms with Crippen molar-refractivity contribution in [3.8, 4) is 11.4 Å². The topological polar surface area (TPSA) is 141 Å². The molecule has 0 radical (unpaired) electrons. The van der Waals surface area contributed by atoms with Gasteiger partial charge in [0.1, 0.15) is 11.4 Å². The molecule has 1 aromatic heterocycles. The van der Waals surface area contributed by atoms with Crippen molar-refractivity contribution in [2.24, 2.45) is 5.10 Å². The maximum atomic E-state index is 12.8. The largest absolute Gasteiger partial charge is 0.495 e. The van der Waals surface area contributed by atoms with Crippen LogP contribution in [-0.2, 0) is 10.0 Å². The number of benzene rings is 3. The number of nitro benzene ring substituents is 1. The summed E-state index contributed by atoms with van der Waals surface area (Å²) in [7, 11) is -2.70. The standard InChI is InChI=1S/C23H20N6O5S/c1-34-23-5-3-2-4-21(23)27-35(32,33)19-10-11-20(22(14-19)29(30)31)26-25-15-17-6-8-18(9-7-17)28-13-12-24-16-28/h2-16,26-27H,1H3/b25-15+. The number of para-hydroxylation sites is 2. The van der Waals surface area contributed by atoms with Crippen LogP contribution in [0, 0.1) is 10.1 Å². The van der Waals surface area contributed by atoms with E-state index in [2.05, 4.69) is 20.2 Å². The summed E-state index contributed by atoms with van der Waals surface area (Å²) in [5.74, 6) is 0.316. The lowest BCUT2D eigenvalue weighted by atomic mass is 10.2. The van der Waals surface area contributed by atoms with Gasteiger partial charge < -0.3 is 9.30 Å². The maximum Gasteiger partial charge on any atom is 0.295 e. The third kappa shape index (κ3) is 5.45. The summed E-state index contributed by atoms with van der Waals surface area (Å²) in [4.78, 5) is 14.7. The van der Waals surface area contributed by atoms with Crippen molar-refractivity contribution in [3.63, 3.8) is 0 Å². The van der Waals surface area contributed by atoms with E-state index in [4.69, 9.17) is 4.74 Å². The minimum Gasteiger partial charge on any atom is -0.495 e. The van der Waals surface area contributed by atoms with Crippen LogP contribution in [0.1, 0.15) is 5.56 Å². The Morgan fingerprint density at radius 2 is 1.86 bits per heavy atom. The lowest BCUT2D eigenvalue weighted by Gasteiger charge is -2.12. The van der Waals surface area contributed by atoms with Crippen molar-refractivity contribution in [1.82, 2.24) is 9.55 Å². The molecule has 3 aromatic carbocycles. The van der Waals surface area contributed by atoms with E-state index in [1.807, 2.05) is 35.0 Å². The molecule has 12 heteroatoms. The molecule has 1 heterocycles. The number of hydrogen-bond donors (Lipinski definition) is 2. The first-order valence-electron chi connectivity index (χ1n) is 10.2. The van der Waals surface area contributed by atoms with Crippen molar-refractivity contribution < 1.29 is 18.1 Å². The van der Waals surface area contributed by atoms with Gasteiger partial charge in [-0.1, -0.05) is 24.3 Å². The second kappa shape index (κ2) is 10.1. The summed E-state index contributed by atoms with van der Waals surface area (Å²) in [6, 6.07) is 17.4. The van der Waals surface area contributed by atoms with E-state index in [1.54, 1.807) is 30.7 Å². The minimum absolute atomic E-state index is 0.0394. The highest BCUT2D eigenvalue weighted by Crippen LogP contribution is 2.30. The van der Waals surface area contributed by atoms with Gasteiger partial charge in [-0.05, 0) is 42.0 Å². The number of aromatic nitrogens is 2. The Kier molecular flexibility index (Phi) is 6.73. The molecule has 4 rings (SSSR count). The van der Waals surface area contributed by atoms with Crippen LogP contribution in [0.5, 0.6) is 5.75 Å². The van der Waals surface area contributed by atoms with E-state index in [9.17, 15) is 18.5 Å². The number of nitrogens with one attached hydrogen (secondary N) is 2. The zero-order chi connectivity index (χ0) is 24.8. The number of methoxy groups -OCH3 is 1. The molecule has 0 aliphatic carbocycles. The van der Waals surface area contributed by atoms with Crippen molar-refractivity contribution in [2.75, 3.05) is 17.3 Å². The molecule has 0 saturated heterocycles. The molecule has 2 N–H and O–H groups in total. The SMILES string of the molecule is COc1ccccc1NS(=O)(=O)c1ccc(N/N=C/c2ccc(-n3ccnc3)cc2)c([N+](=O)[O-])c1. The second-order valence-electron chi connectivity index (χ2n) is 7.17. The Bertz CT molecular complexity index is 1470. The van der Waals surface area contributed by atoms with Gasteiger partial charge in [-0.3, -0.25) is 20.3 Å². The summed E-state index contributed by atoms with van der Waals surface area (Å²) >= 11 is 0. The zero-order valence-electron chi connectivity index (χ0n) is 18.4. The Morgan fingerprint density at radius 1 is 1.09 bits per heavy atom. The predicted octanol–water partition coefficient (Wildman–Crippen LogP) is 4.04. The highest BCUT2D eigenvalue weighted by atomic mass is 32.2. The van der Waals surface area contributed by atoms with Crippen LogP contribution < -0.4 is 14.9 Å². The fourth-order valence-corrected chi connectivity index (χ4v) is 4.27. The van der Waals surface area contributed by atoms with Crippen LogP contribution in [-0.4, -0.2) is 36.2 Å². The number of anilines is 2. The van der Waals surface area contributed by atoms with Crippen molar-refractivity contribution >= 4 is 33.3 Å². The van der Waals surface area contributed by atoms with Gasteiger partial charge >= 0.3 is 0 Å². The fourth-order valence-electron chi connectivity index (χ4n) is 3.18. The lowest BCUT2D eigenvalue weighted by Crippen LogP contribution is -2.14. The normalized spacial score (nSPS) is 11.3. The average Bonchev–Trinajstić information content (AvgIpc) is 3.39. The highest BCUT2D eigenvalue weighted by molar-refractivity contribution is 7.92. The van der Waals surface area contributed by atoms with E-state index < -0.39 is 20.6 Å². The monoisotopic (exact) mass is 492 g/mol. The molecule has 0 atom stereocenters. The van der Waals surface area contributed by atoms with E-state index in [-0.39, 0.29) is 16.3 Å². The maximum absolute atomic E-state index is 12.8. The summed E-state index contributed by atoms with van der Waals surface area (Å²) in [6.07, 6.45) is 6.67. The van der Waals surface area contributed by atoms with Gasteiger partial charge in [-0.15, -0.1) is 0 Å². The van der Waals surface area contributed by atoms with Gasteiger partial charge in [0.25, 0.3) is 15.7 Å². The summed E-state index contributed by atoms with van der Waals surface area (Å²) in [5, 5.41) is 15.7. The lowest BCUT2D eigenvalue weighted by molar-refractivity contribution is -0.384. The molecular weight excluding hydrogens is 472 g/mol. The number of imidazole rings is 1. The molecule has 0 aliphatic heterocycles.